The van der Waals surface area contributed by atoms with Crippen LogP contribution in [0.15, 0.2) is 24.3 Å². The van der Waals surface area contributed by atoms with Gasteiger partial charge < -0.3 is 4.98 Å². The van der Waals surface area contributed by atoms with Crippen LogP contribution in [0.1, 0.15) is 23.7 Å². The van der Waals surface area contributed by atoms with Crippen molar-refractivity contribution in [1.82, 2.24) is 19.3 Å². The number of aromatic nitrogens is 4. The summed E-state index contributed by atoms with van der Waals surface area (Å²) in [5, 5.41) is 4.54. The molecule has 0 aliphatic carbocycles. The third-order valence-electron chi connectivity index (χ3n) is 3.62. The summed E-state index contributed by atoms with van der Waals surface area (Å²) in [5.41, 5.74) is 5.70. The number of benzene rings is 1. The van der Waals surface area contributed by atoms with E-state index in [0.717, 1.165) is 34.6 Å². The number of fused-ring (bicyclic) bond motifs is 1. The fourth-order valence-corrected chi connectivity index (χ4v) is 2.80. The topological polar surface area (TPSA) is 38.5 Å². The largest absolute Gasteiger partial charge is 0.328 e. The summed E-state index contributed by atoms with van der Waals surface area (Å²) in [5.74, 6) is 0. The van der Waals surface area contributed by atoms with Gasteiger partial charge in [0.1, 0.15) is 5.52 Å². The number of aryl methyl sites for hydroxylation is 3. The normalized spacial score (nSPS) is 11.3. The average molecular weight is 286 g/mol. The van der Waals surface area contributed by atoms with Crippen LogP contribution >= 0.6 is 12.2 Å². The number of aromatic amines is 1. The highest BCUT2D eigenvalue weighted by atomic mass is 32.1. The second-order valence-electron chi connectivity index (χ2n) is 5.12. The first-order valence-electron chi connectivity index (χ1n) is 6.80. The van der Waals surface area contributed by atoms with Gasteiger partial charge in [0.15, 0.2) is 10.4 Å². The van der Waals surface area contributed by atoms with Crippen LogP contribution in [0.3, 0.4) is 0 Å². The van der Waals surface area contributed by atoms with Crippen LogP contribution in [0.25, 0.3) is 11.2 Å². The maximum atomic E-state index is 5.47. The number of nitrogens with zero attached hydrogens (tertiary/aromatic N) is 3. The minimum Gasteiger partial charge on any atom is -0.328 e. The monoisotopic (exact) mass is 286 g/mol. The van der Waals surface area contributed by atoms with Gasteiger partial charge >= 0.3 is 0 Å². The molecule has 4 nitrogen and oxygen atoms in total. The summed E-state index contributed by atoms with van der Waals surface area (Å²) in [6, 6.07) is 8.55. The lowest BCUT2D eigenvalue weighted by Crippen LogP contribution is -2.04. The van der Waals surface area contributed by atoms with Gasteiger partial charge in [0.2, 0.25) is 0 Å². The molecule has 0 fully saturated rings. The minimum absolute atomic E-state index is 0.753. The van der Waals surface area contributed by atoms with Crippen molar-refractivity contribution >= 4 is 23.4 Å². The predicted octanol–water partition coefficient (Wildman–Crippen LogP) is 3.35. The van der Waals surface area contributed by atoms with E-state index in [9.17, 15) is 0 Å². The Balaban J connectivity index is 2.11. The summed E-state index contributed by atoms with van der Waals surface area (Å²) < 4.78 is 4.78. The molecule has 0 unspecified atom stereocenters. The summed E-state index contributed by atoms with van der Waals surface area (Å²) in [7, 11) is 1.97. The Morgan fingerprint density at radius 2 is 1.95 bits per heavy atom. The summed E-state index contributed by atoms with van der Waals surface area (Å²) in [4.78, 5) is 3.29. The summed E-state index contributed by atoms with van der Waals surface area (Å²) in [6.07, 6.45) is 0.900. The Kier molecular flexibility index (Phi) is 3.22. The van der Waals surface area contributed by atoms with Crippen LogP contribution in [0.5, 0.6) is 0 Å². The number of nitrogens with one attached hydrogen (secondary N) is 1. The first kappa shape index (κ1) is 13.1. The Labute approximate surface area is 123 Å². The molecule has 0 saturated heterocycles. The van der Waals surface area contributed by atoms with Crippen molar-refractivity contribution in [2.75, 3.05) is 0 Å². The third kappa shape index (κ3) is 2.08. The molecule has 0 saturated carbocycles. The van der Waals surface area contributed by atoms with E-state index in [2.05, 4.69) is 52.8 Å². The van der Waals surface area contributed by atoms with Gasteiger partial charge in [-0.2, -0.15) is 5.10 Å². The van der Waals surface area contributed by atoms with E-state index < -0.39 is 0 Å². The lowest BCUT2D eigenvalue weighted by molar-refractivity contribution is 0.709. The van der Waals surface area contributed by atoms with E-state index in [-0.39, 0.29) is 0 Å². The highest BCUT2D eigenvalue weighted by molar-refractivity contribution is 7.71. The SMILES string of the molecule is CCc1nn(C)c2c1[nH]c(=S)n2Cc1ccc(C)cc1. The smallest absolute Gasteiger partial charge is 0.179 e. The van der Waals surface area contributed by atoms with Crippen molar-refractivity contribution < 1.29 is 0 Å². The van der Waals surface area contributed by atoms with E-state index in [1.807, 2.05) is 11.7 Å². The molecule has 0 aliphatic heterocycles. The van der Waals surface area contributed by atoms with Crippen molar-refractivity contribution in [1.29, 1.82) is 0 Å². The number of H-pyrrole nitrogens is 1. The van der Waals surface area contributed by atoms with Crippen molar-refractivity contribution in [3.8, 4) is 0 Å². The lowest BCUT2D eigenvalue weighted by Gasteiger charge is -2.05. The van der Waals surface area contributed by atoms with Gasteiger partial charge in [-0.3, -0.25) is 9.25 Å². The second-order valence-corrected chi connectivity index (χ2v) is 5.51. The molecular formula is C15H18N4S. The highest BCUT2D eigenvalue weighted by Gasteiger charge is 2.14. The fourth-order valence-electron chi connectivity index (χ4n) is 2.55. The van der Waals surface area contributed by atoms with Crippen molar-refractivity contribution in [3.63, 3.8) is 0 Å². The molecule has 5 heteroatoms. The average Bonchev–Trinajstić information content (AvgIpc) is 2.91. The van der Waals surface area contributed by atoms with E-state index in [1.165, 1.54) is 11.1 Å². The molecule has 104 valence electrons. The highest BCUT2D eigenvalue weighted by Crippen LogP contribution is 2.19. The third-order valence-corrected chi connectivity index (χ3v) is 3.94. The first-order chi connectivity index (χ1) is 9.60. The fraction of sp³-hybridized carbons (Fsp3) is 0.333. The number of hydrogen-bond acceptors (Lipinski definition) is 2. The minimum atomic E-state index is 0.753. The molecular weight excluding hydrogens is 268 g/mol. The van der Waals surface area contributed by atoms with Gasteiger partial charge in [-0.1, -0.05) is 36.8 Å². The van der Waals surface area contributed by atoms with Crippen LogP contribution in [0.2, 0.25) is 0 Å². The van der Waals surface area contributed by atoms with Gasteiger partial charge in [0.25, 0.3) is 0 Å². The van der Waals surface area contributed by atoms with Crippen molar-refractivity contribution in [2.24, 2.45) is 7.05 Å². The molecule has 20 heavy (non-hydrogen) atoms. The van der Waals surface area contributed by atoms with Gasteiger partial charge in [-0.15, -0.1) is 0 Å². The molecule has 1 N–H and O–H groups in total. The molecule has 1 aromatic carbocycles. The Bertz CT molecular complexity index is 805. The van der Waals surface area contributed by atoms with Crippen LogP contribution in [0.4, 0.5) is 0 Å². The van der Waals surface area contributed by atoms with E-state index in [0.29, 0.717) is 0 Å². The molecule has 3 rings (SSSR count). The molecule has 0 radical (unpaired) electrons. The Morgan fingerprint density at radius 1 is 1.25 bits per heavy atom. The molecule has 0 spiro atoms. The zero-order valence-corrected chi connectivity index (χ0v) is 12.8. The van der Waals surface area contributed by atoms with Gasteiger partial charge in [0, 0.05) is 7.05 Å². The van der Waals surface area contributed by atoms with Gasteiger partial charge in [0.05, 0.1) is 12.2 Å². The molecule has 0 bridgehead atoms. The van der Waals surface area contributed by atoms with Crippen LogP contribution in [0, 0.1) is 11.7 Å². The van der Waals surface area contributed by atoms with Crippen molar-refractivity contribution in [3.05, 3.63) is 45.9 Å². The first-order valence-corrected chi connectivity index (χ1v) is 7.21. The Morgan fingerprint density at radius 3 is 2.60 bits per heavy atom. The van der Waals surface area contributed by atoms with Gasteiger partial charge in [-0.05, 0) is 31.1 Å². The van der Waals surface area contributed by atoms with Crippen LogP contribution in [-0.4, -0.2) is 19.3 Å². The zero-order chi connectivity index (χ0) is 14.3. The summed E-state index contributed by atoms with van der Waals surface area (Å²) in [6.45, 7) is 4.97. The van der Waals surface area contributed by atoms with E-state index >= 15 is 0 Å². The lowest BCUT2D eigenvalue weighted by atomic mass is 10.1. The predicted molar refractivity (Wildman–Crippen MR) is 83.5 cm³/mol. The Hall–Kier alpha value is -1.88. The molecule has 0 atom stereocenters. The van der Waals surface area contributed by atoms with E-state index in [4.69, 9.17) is 12.2 Å². The molecule has 0 amide bonds. The quantitative estimate of drug-likeness (QED) is 0.750. The maximum absolute atomic E-state index is 5.47. The summed E-state index contributed by atoms with van der Waals surface area (Å²) >= 11 is 5.47. The molecule has 2 aromatic heterocycles. The van der Waals surface area contributed by atoms with Crippen LogP contribution < -0.4 is 0 Å². The van der Waals surface area contributed by atoms with Gasteiger partial charge in [-0.25, -0.2) is 0 Å². The van der Waals surface area contributed by atoms with Crippen LogP contribution in [-0.2, 0) is 20.0 Å². The molecule has 3 aromatic rings. The number of rotatable bonds is 3. The maximum Gasteiger partial charge on any atom is 0.179 e. The molecule has 2 heterocycles. The number of hydrogen-bond donors (Lipinski definition) is 1. The standard InChI is InChI=1S/C15H18N4S/c1-4-12-13-14(18(3)17-12)19(15(20)16-13)9-11-7-5-10(2)6-8-11/h5-8H,4,9H2,1-3H3,(H,16,20). The molecule has 0 aliphatic rings. The zero-order valence-electron chi connectivity index (χ0n) is 12.0. The van der Waals surface area contributed by atoms with E-state index in [1.54, 1.807) is 0 Å². The van der Waals surface area contributed by atoms with Crippen molar-refractivity contribution in [2.45, 2.75) is 26.8 Å². The number of imidazole rings is 1. The second kappa shape index (κ2) is 4.90.